The van der Waals surface area contributed by atoms with E-state index >= 15 is 0 Å². The van der Waals surface area contributed by atoms with Crippen LogP contribution in [0.5, 0.6) is 0 Å². The number of hydrogen-bond acceptors (Lipinski definition) is 3. The molecule has 0 fully saturated rings. The van der Waals surface area contributed by atoms with Crippen LogP contribution in [0.15, 0.2) is 0 Å². The monoisotopic (exact) mass is 135 g/mol. The van der Waals surface area contributed by atoms with Crippen molar-refractivity contribution in [2.75, 3.05) is 5.75 Å². The van der Waals surface area contributed by atoms with Gasteiger partial charge >= 0.3 is 0 Å². The van der Waals surface area contributed by atoms with Gasteiger partial charge in [-0.1, -0.05) is 6.92 Å². The molecule has 0 aliphatic carbocycles. The third kappa shape index (κ3) is 3.29. The molecule has 0 aromatic rings. The fourth-order valence-electron chi connectivity index (χ4n) is 0.323. The van der Waals surface area contributed by atoms with Crippen molar-refractivity contribution < 1.29 is 5.11 Å². The smallest absolute Gasteiger partial charge is 0.114 e. The molecule has 0 aromatic heterocycles. The number of nitrogens with two attached hydrogens (primary N) is 1. The first-order valence-electron chi connectivity index (χ1n) is 2.73. The summed E-state index contributed by atoms with van der Waals surface area (Å²) in [7, 11) is 0. The molecule has 3 heteroatoms. The first-order chi connectivity index (χ1) is 3.68. The number of aliphatic hydroxyl groups excluding tert-OH is 1. The fourth-order valence-corrected chi connectivity index (χ4v) is 0.968. The van der Waals surface area contributed by atoms with E-state index in [0.717, 1.165) is 5.75 Å². The van der Waals surface area contributed by atoms with E-state index in [4.69, 9.17) is 10.8 Å². The molecular weight excluding hydrogens is 122 g/mol. The van der Waals surface area contributed by atoms with Crippen LogP contribution in [0.1, 0.15) is 13.8 Å². The van der Waals surface area contributed by atoms with Gasteiger partial charge in [0.05, 0.1) is 0 Å². The minimum atomic E-state index is -0.389. The molecule has 0 aromatic carbocycles. The zero-order valence-corrected chi connectivity index (χ0v) is 6.11. The van der Waals surface area contributed by atoms with Crippen LogP contribution in [0.2, 0.25) is 0 Å². The lowest BCUT2D eigenvalue weighted by atomic mass is 10.4. The highest BCUT2D eigenvalue weighted by Crippen LogP contribution is 2.08. The molecule has 0 bridgehead atoms. The Morgan fingerprint density at radius 1 is 1.75 bits per heavy atom. The lowest BCUT2D eigenvalue weighted by Gasteiger charge is -2.11. The molecule has 0 heterocycles. The van der Waals surface area contributed by atoms with Crippen molar-refractivity contribution in [3.8, 4) is 0 Å². The minimum Gasteiger partial charge on any atom is -0.381 e. The summed E-state index contributed by atoms with van der Waals surface area (Å²) in [6.45, 7) is 3.80. The van der Waals surface area contributed by atoms with Gasteiger partial charge in [0.1, 0.15) is 5.44 Å². The molecule has 0 saturated heterocycles. The minimum absolute atomic E-state index is 0.111. The van der Waals surface area contributed by atoms with Crippen LogP contribution in [0.4, 0.5) is 0 Å². The van der Waals surface area contributed by atoms with E-state index in [9.17, 15) is 0 Å². The molecule has 3 N–H and O–H groups in total. The summed E-state index contributed by atoms with van der Waals surface area (Å²) in [6, 6.07) is -0.111. The predicted molar refractivity (Wildman–Crippen MR) is 37.8 cm³/mol. The molecule has 0 aliphatic heterocycles. The highest BCUT2D eigenvalue weighted by Gasteiger charge is 2.06. The number of aliphatic hydroxyl groups is 1. The molecular formula is C5H13NOS. The lowest BCUT2D eigenvalue weighted by molar-refractivity contribution is 0.238. The van der Waals surface area contributed by atoms with Crippen LogP contribution in [0.3, 0.4) is 0 Å². The Hall–Kier alpha value is 0.270. The predicted octanol–water partition coefficient (Wildman–Crippen LogP) is 0.405. The molecule has 0 saturated carbocycles. The van der Waals surface area contributed by atoms with E-state index in [-0.39, 0.29) is 11.5 Å². The Bertz CT molecular complexity index is 58.4. The maximum atomic E-state index is 8.96. The van der Waals surface area contributed by atoms with Crippen LogP contribution in [-0.2, 0) is 0 Å². The molecule has 0 aliphatic rings. The topological polar surface area (TPSA) is 46.2 Å². The van der Waals surface area contributed by atoms with Crippen LogP contribution >= 0.6 is 11.8 Å². The Labute approximate surface area is 54.5 Å². The summed E-state index contributed by atoms with van der Waals surface area (Å²) in [5.41, 5.74) is 4.96. The van der Waals surface area contributed by atoms with Gasteiger partial charge < -0.3 is 10.8 Å². The maximum Gasteiger partial charge on any atom is 0.114 e. The number of thioether (sulfide) groups is 1. The van der Waals surface area contributed by atoms with Crippen molar-refractivity contribution in [1.29, 1.82) is 0 Å². The van der Waals surface area contributed by atoms with Gasteiger partial charge in [0.2, 0.25) is 0 Å². The third-order valence-corrected chi connectivity index (χ3v) is 1.89. The first-order valence-corrected chi connectivity index (χ1v) is 3.78. The van der Waals surface area contributed by atoms with Gasteiger partial charge in [0.15, 0.2) is 0 Å². The lowest BCUT2D eigenvalue weighted by Crippen LogP contribution is -2.28. The van der Waals surface area contributed by atoms with Gasteiger partial charge in [0.25, 0.3) is 0 Å². The van der Waals surface area contributed by atoms with Crippen molar-refractivity contribution in [2.45, 2.75) is 25.3 Å². The molecule has 0 radical (unpaired) electrons. The van der Waals surface area contributed by atoms with Crippen LogP contribution in [-0.4, -0.2) is 22.3 Å². The van der Waals surface area contributed by atoms with E-state index in [0.29, 0.717) is 0 Å². The standard InChI is InChI=1S/C5H13NOS/c1-3-8-5(7)4(2)6/h4-5,7H,3,6H2,1-2H3. The van der Waals surface area contributed by atoms with Crippen molar-refractivity contribution in [3.05, 3.63) is 0 Å². The average molecular weight is 135 g/mol. The normalized spacial score (nSPS) is 18.0. The fraction of sp³-hybridized carbons (Fsp3) is 1.00. The quantitative estimate of drug-likeness (QED) is 0.551. The highest BCUT2D eigenvalue weighted by atomic mass is 32.2. The van der Waals surface area contributed by atoms with E-state index in [1.54, 1.807) is 6.92 Å². The molecule has 0 spiro atoms. The highest BCUT2D eigenvalue weighted by molar-refractivity contribution is 7.99. The molecule has 2 unspecified atom stereocenters. The summed E-state index contributed by atoms with van der Waals surface area (Å²) in [6.07, 6.45) is 0. The average Bonchev–Trinajstić information content (AvgIpc) is 1.67. The molecule has 0 rings (SSSR count). The summed E-state index contributed by atoms with van der Waals surface area (Å²) in [4.78, 5) is 0. The third-order valence-electron chi connectivity index (χ3n) is 0.787. The van der Waals surface area contributed by atoms with E-state index < -0.39 is 0 Å². The first kappa shape index (κ1) is 8.27. The molecule has 8 heavy (non-hydrogen) atoms. The zero-order chi connectivity index (χ0) is 6.57. The largest absolute Gasteiger partial charge is 0.381 e. The number of rotatable bonds is 3. The maximum absolute atomic E-state index is 8.96. The summed E-state index contributed by atoms with van der Waals surface area (Å²) >= 11 is 1.47. The SMILES string of the molecule is CCSC(O)C(C)N. The summed E-state index contributed by atoms with van der Waals surface area (Å²) in [5, 5.41) is 8.96. The second-order valence-electron chi connectivity index (χ2n) is 1.71. The Balaban J connectivity index is 3.17. The van der Waals surface area contributed by atoms with Gasteiger partial charge in [0, 0.05) is 6.04 Å². The van der Waals surface area contributed by atoms with E-state index in [1.807, 2.05) is 6.92 Å². The summed E-state index contributed by atoms with van der Waals surface area (Å²) < 4.78 is 0. The molecule has 0 amide bonds. The van der Waals surface area contributed by atoms with Gasteiger partial charge in [-0.05, 0) is 12.7 Å². The Morgan fingerprint density at radius 2 is 2.25 bits per heavy atom. The molecule has 2 atom stereocenters. The van der Waals surface area contributed by atoms with Gasteiger partial charge in [-0.3, -0.25) is 0 Å². The van der Waals surface area contributed by atoms with E-state index in [1.165, 1.54) is 11.8 Å². The van der Waals surface area contributed by atoms with Crippen molar-refractivity contribution in [3.63, 3.8) is 0 Å². The van der Waals surface area contributed by atoms with Crippen molar-refractivity contribution in [2.24, 2.45) is 5.73 Å². The van der Waals surface area contributed by atoms with Crippen LogP contribution in [0.25, 0.3) is 0 Å². The zero-order valence-electron chi connectivity index (χ0n) is 5.29. The van der Waals surface area contributed by atoms with Crippen molar-refractivity contribution >= 4 is 11.8 Å². The van der Waals surface area contributed by atoms with Crippen LogP contribution in [0, 0.1) is 0 Å². The van der Waals surface area contributed by atoms with Crippen molar-refractivity contribution in [1.82, 2.24) is 0 Å². The second-order valence-corrected chi connectivity index (χ2v) is 3.10. The molecule has 50 valence electrons. The van der Waals surface area contributed by atoms with Gasteiger partial charge in [-0.2, -0.15) is 0 Å². The van der Waals surface area contributed by atoms with Gasteiger partial charge in [-0.25, -0.2) is 0 Å². The second kappa shape index (κ2) is 4.18. The Kier molecular flexibility index (Phi) is 4.32. The Morgan fingerprint density at radius 3 is 2.38 bits per heavy atom. The van der Waals surface area contributed by atoms with Crippen LogP contribution < -0.4 is 5.73 Å². The van der Waals surface area contributed by atoms with E-state index in [2.05, 4.69) is 0 Å². The molecule has 2 nitrogen and oxygen atoms in total. The number of hydrogen-bond donors (Lipinski definition) is 2. The van der Waals surface area contributed by atoms with Gasteiger partial charge in [-0.15, -0.1) is 11.8 Å². The summed E-state index contributed by atoms with van der Waals surface area (Å²) in [5.74, 6) is 0.919.